The fourth-order valence-electron chi connectivity index (χ4n) is 2.83. The molecule has 3 aromatic rings. The number of hydrogen-bond acceptors (Lipinski definition) is 5. The zero-order valence-electron chi connectivity index (χ0n) is 15.8. The van der Waals surface area contributed by atoms with Crippen LogP contribution in [0.2, 0.25) is 0 Å². The second-order valence-electron chi connectivity index (χ2n) is 6.76. The maximum absolute atomic E-state index is 12.8. The highest BCUT2D eigenvalue weighted by molar-refractivity contribution is 6.06. The number of benzene rings is 1. The molecule has 7 nitrogen and oxygen atoms in total. The van der Waals surface area contributed by atoms with Gasteiger partial charge in [-0.1, -0.05) is 31.1 Å². The first-order valence-corrected chi connectivity index (χ1v) is 8.76. The molecule has 0 aliphatic rings. The van der Waals surface area contributed by atoms with Crippen molar-refractivity contribution >= 4 is 28.6 Å². The molecule has 0 spiro atoms. The Morgan fingerprint density at radius 1 is 1.22 bits per heavy atom. The van der Waals surface area contributed by atoms with Crippen LogP contribution >= 0.6 is 0 Å². The zero-order valence-corrected chi connectivity index (χ0v) is 15.8. The van der Waals surface area contributed by atoms with Crippen LogP contribution in [0.15, 0.2) is 34.9 Å². The van der Waals surface area contributed by atoms with Gasteiger partial charge in [-0.15, -0.1) is 0 Å². The SMILES string of the molecule is CC(=O)Nc1cccc(CNC(=O)c2cc(C(C)C)nc3onc(C)c23)c1. The van der Waals surface area contributed by atoms with Crippen molar-refractivity contribution in [3.8, 4) is 0 Å². The molecule has 0 aliphatic heterocycles. The number of nitrogens with zero attached hydrogens (tertiary/aromatic N) is 2. The van der Waals surface area contributed by atoms with Gasteiger partial charge in [-0.25, -0.2) is 4.98 Å². The number of carbonyl (C=O) groups excluding carboxylic acids is 2. The van der Waals surface area contributed by atoms with Crippen LogP contribution < -0.4 is 10.6 Å². The summed E-state index contributed by atoms with van der Waals surface area (Å²) in [5.74, 6) is -0.208. The average molecular weight is 366 g/mol. The summed E-state index contributed by atoms with van der Waals surface area (Å²) in [5.41, 5.74) is 3.85. The van der Waals surface area contributed by atoms with E-state index in [2.05, 4.69) is 20.8 Å². The number of aromatic nitrogens is 2. The second kappa shape index (κ2) is 7.57. The van der Waals surface area contributed by atoms with Crippen LogP contribution in [0.4, 0.5) is 5.69 Å². The van der Waals surface area contributed by atoms with Crippen molar-refractivity contribution in [3.05, 3.63) is 52.8 Å². The average Bonchev–Trinajstić information content (AvgIpc) is 3.00. The number of carbonyl (C=O) groups is 2. The molecular weight excluding hydrogens is 344 g/mol. The van der Waals surface area contributed by atoms with Crippen LogP contribution in [0, 0.1) is 6.92 Å². The standard InChI is InChI=1S/C20H22N4O3/c1-11(2)17-9-16(18-12(3)24-27-20(18)23-17)19(26)21-10-14-6-5-7-15(8-14)22-13(4)25/h5-9,11H,10H2,1-4H3,(H,21,26)(H,22,25). The minimum absolute atomic E-state index is 0.139. The molecule has 27 heavy (non-hydrogen) atoms. The summed E-state index contributed by atoms with van der Waals surface area (Å²) in [4.78, 5) is 28.5. The Hall–Kier alpha value is -3.22. The van der Waals surface area contributed by atoms with Crippen LogP contribution in [0.3, 0.4) is 0 Å². The monoisotopic (exact) mass is 366 g/mol. The molecule has 2 amide bonds. The minimum atomic E-state index is -0.222. The lowest BCUT2D eigenvalue weighted by atomic mass is 10.0. The van der Waals surface area contributed by atoms with Gasteiger partial charge in [0.2, 0.25) is 5.91 Å². The number of aryl methyl sites for hydroxylation is 1. The smallest absolute Gasteiger partial charge is 0.259 e. The lowest BCUT2D eigenvalue weighted by molar-refractivity contribution is -0.114. The van der Waals surface area contributed by atoms with E-state index in [1.165, 1.54) is 6.92 Å². The van der Waals surface area contributed by atoms with E-state index < -0.39 is 0 Å². The van der Waals surface area contributed by atoms with Gasteiger partial charge in [-0.3, -0.25) is 9.59 Å². The van der Waals surface area contributed by atoms with Crippen LogP contribution in [0.1, 0.15) is 54.0 Å². The number of pyridine rings is 1. The summed E-state index contributed by atoms with van der Waals surface area (Å²) in [5, 5.41) is 10.2. The first-order valence-electron chi connectivity index (χ1n) is 8.76. The van der Waals surface area contributed by atoms with E-state index in [1.54, 1.807) is 19.1 Å². The highest BCUT2D eigenvalue weighted by atomic mass is 16.5. The van der Waals surface area contributed by atoms with Crippen LogP contribution in [0.25, 0.3) is 11.1 Å². The van der Waals surface area contributed by atoms with E-state index in [4.69, 9.17) is 4.52 Å². The quantitative estimate of drug-likeness (QED) is 0.720. The number of rotatable bonds is 5. The Labute approximate surface area is 157 Å². The molecule has 0 unspecified atom stereocenters. The molecule has 2 N–H and O–H groups in total. The predicted molar refractivity (Wildman–Crippen MR) is 103 cm³/mol. The number of anilines is 1. The summed E-state index contributed by atoms with van der Waals surface area (Å²) < 4.78 is 5.26. The van der Waals surface area contributed by atoms with Gasteiger partial charge < -0.3 is 15.2 Å². The van der Waals surface area contributed by atoms with Crippen LogP contribution in [0.5, 0.6) is 0 Å². The highest BCUT2D eigenvalue weighted by Crippen LogP contribution is 2.25. The summed E-state index contributed by atoms with van der Waals surface area (Å²) >= 11 is 0. The summed E-state index contributed by atoms with van der Waals surface area (Å²) in [7, 11) is 0. The third-order valence-electron chi connectivity index (χ3n) is 4.17. The van der Waals surface area contributed by atoms with Gasteiger partial charge in [0.25, 0.3) is 11.6 Å². The molecule has 2 aromatic heterocycles. The molecule has 0 fully saturated rings. The van der Waals surface area contributed by atoms with Crippen LogP contribution in [-0.2, 0) is 11.3 Å². The summed E-state index contributed by atoms with van der Waals surface area (Å²) in [6.45, 7) is 7.59. The van der Waals surface area contributed by atoms with Crippen molar-refractivity contribution in [2.45, 2.75) is 40.2 Å². The van der Waals surface area contributed by atoms with Crippen molar-refractivity contribution in [2.24, 2.45) is 0 Å². The fraction of sp³-hybridized carbons (Fsp3) is 0.300. The highest BCUT2D eigenvalue weighted by Gasteiger charge is 2.19. The molecule has 0 aliphatic carbocycles. The number of nitrogens with one attached hydrogen (secondary N) is 2. The molecule has 140 valence electrons. The molecule has 7 heteroatoms. The van der Waals surface area contributed by atoms with E-state index in [-0.39, 0.29) is 17.7 Å². The molecule has 1 aromatic carbocycles. The first kappa shape index (κ1) is 18.6. The number of amides is 2. The number of hydrogen-bond donors (Lipinski definition) is 2. The third kappa shape index (κ3) is 4.13. The van der Waals surface area contributed by atoms with Gasteiger partial charge in [-0.2, -0.15) is 0 Å². The largest absolute Gasteiger partial charge is 0.348 e. The molecule has 0 saturated carbocycles. The molecule has 3 rings (SSSR count). The molecule has 0 atom stereocenters. The molecule has 0 radical (unpaired) electrons. The first-order chi connectivity index (χ1) is 12.8. The Morgan fingerprint density at radius 3 is 2.70 bits per heavy atom. The third-order valence-corrected chi connectivity index (χ3v) is 4.17. The minimum Gasteiger partial charge on any atom is -0.348 e. The van der Waals surface area contributed by atoms with Crippen molar-refractivity contribution in [1.82, 2.24) is 15.5 Å². The molecule has 0 bridgehead atoms. The van der Waals surface area contributed by atoms with Gasteiger partial charge >= 0.3 is 0 Å². The van der Waals surface area contributed by atoms with Gasteiger partial charge in [0.15, 0.2) is 0 Å². The Morgan fingerprint density at radius 2 is 2.00 bits per heavy atom. The van der Waals surface area contributed by atoms with E-state index in [0.29, 0.717) is 34.6 Å². The van der Waals surface area contributed by atoms with Gasteiger partial charge in [0.1, 0.15) is 0 Å². The van der Waals surface area contributed by atoms with E-state index in [1.807, 2.05) is 32.0 Å². The lowest BCUT2D eigenvalue weighted by Gasteiger charge is -2.10. The summed E-state index contributed by atoms with van der Waals surface area (Å²) in [6, 6.07) is 9.14. The number of fused-ring (bicyclic) bond motifs is 1. The normalized spacial score (nSPS) is 11.0. The van der Waals surface area contributed by atoms with Gasteiger partial charge in [-0.05, 0) is 36.6 Å². The Balaban J connectivity index is 1.84. The maximum Gasteiger partial charge on any atom is 0.259 e. The topological polar surface area (TPSA) is 97.1 Å². The zero-order chi connectivity index (χ0) is 19.6. The van der Waals surface area contributed by atoms with Crippen molar-refractivity contribution in [3.63, 3.8) is 0 Å². The predicted octanol–water partition coefficient (Wildman–Crippen LogP) is 3.54. The molecule has 0 saturated heterocycles. The van der Waals surface area contributed by atoms with E-state index in [0.717, 1.165) is 11.3 Å². The van der Waals surface area contributed by atoms with Crippen molar-refractivity contribution in [1.29, 1.82) is 0 Å². The van der Waals surface area contributed by atoms with Crippen molar-refractivity contribution in [2.75, 3.05) is 5.32 Å². The van der Waals surface area contributed by atoms with Gasteiger partial charge in [0.05, 0.1) is 16.6 Å². The van der Waals surface area contributed by atoms with E-state index in [9.17, 15) is 9.59 Å². The molecular formula is C20H22N4O3. The van der Waals surface area contributed by atoms with Gasteiger partial charge in [0, 0.05) is 24.8 Å². The fourth-order valence-corrected chi connectivity index (χ4v) is 2.83. The summed E-state index contributed by atoms with van der Waals surface area (Å²) in [6.07, 6.45) is 0. The second-order valence-corrected chi connectivity index (χ2v) is 6.76. The van der Waals surface area contributed by atoms with E-state index >= 15 is 0 Å². The molecule has 2 heterocycles. The Kier molecular flexibility index (Phi) is 5.21. The van der Waals surface area contributed by atoms with Crippen molar-refractivity contribution < 1.29 is 14.1 Å². The lowest BCUT2D eigenvalue weighted by Crippen LogP contribution is -2.23. The maximum atomic E-state index is 12.8. The van der Waals surface area contributed by atoms with Crippen LogP contribution in [-0.4, -0.2) is 22.0 Å². The Bertz CT molecular complexity index is 1010.